The molecule has 0 aromatic heterocycles. The summed E-state index contributed by atoms with van der Waals surface area (Å²) in [6.45, 7) is 5.55. The van der Waals surface area contributed by atoms with Crippen molar-refractivity contribution in [2.24, 2.45) is 11.7 Å². The minimum absolute atomic E-state index is 0.777. The van der Waals surface area contributed by atoms with Crippen molar-refractivity contribution in [1.29, 1.82) is 0 Å². The first-order valence-corrected chi connectivity index (χ1v) is 5.29. The van der Waals surface area contributed by atoms with Crippen LogP contribution in [-0.2, 0) is 0 Å². The van der Waals surface area contributed by atoms with Gasteiger partial charge in [-0.05, 0) is 39.4 Å². The van der Waals surface area contributed by atoms with Gasteiger partial charge in [-0.1, -0.05) is 0 Å². The number of hydrogen-bond acceptors (Lipinski definition) is 3. The number of hydrogen-bond donors (Lipinski definition) is 1. The van der Waals surface area contributed by atoms with Gasteiger partial charge >= 0.3 is 0 Å². The van der Waals surface area contributed by atoms with Gasteiger partial charge in [0.15, 0.2) is 0 Å². The maximum absolute atomic E-state index is 5.51. The van der Waals surface area contributed by atoms with Crippen molar-refractivity contribution in [3.05, 3.63) is 0 Å². The lowest BCUT2D eigenvalue weighted by Crippen LogP contribution is -2.39. The molecular formula is C10H23N3. The lowest BCUT2D eigenvalue weighted by molar-refractivity contribution is 0.168. The Morgan fingerprint density at radius 3 is 2.92 bits per heavy atom. The number of rotatable bonds is 4. The molecule has 0 bridgehead atoms. The van der Waals surface area contributed by atoms with Crippen LogP contribution in [0.25, 0.3) is 0 Å². The average molecular weight is 185 g/mol. The summed E-state index contributed by atoms with van der Waals surface area (Å²) >= 11 is 0. The van der Waals surface area contributed by atoms with Crippen molar-refractivity contribution < 1.29 is 0 Å². The minimum Gasteiger partial charge on any atom is -0.329 e. The molecule has 1 aliphatic heterocycles. The second-order valence-electron chi connectivity index (χ2n) is 4.32. The summed E-state index contributed by atoms with van der Waals surface area (Å²) < 4.78 is 0. The highest BCUT2D eigenvalue weighted by molar-refractivity contribution is 4.73. The zero-order valence-electron chi connectivity index (χ0n) is 9.00. The maximum atomic E-state index is 5.51. The standard InChI is InChI=1S/C10H23N3/c1-12-6-3-4-10(8-12)9-13(2)7-5-11/h10H,3-9,11H2,1-2H3/t10-/m0/s1. The van der Waals surface area contributed by atoms with Crippen LogP contribution in [0.2, 0.25) is 0 Å². The van der Waals surface area contributed by atoms with Crippen LogP contribution < -0.4 is 5.73 Å². The van der Waals surface area contributed by atoms with E-state index in [9.17, 15) is 0 Å². The van der Waals surface area contributed by atoms with Gasteiger partial charge in [-0.3, -0.25) is 0 Å². The molecule has 0 spiro atoms. The SMILES string of the molecule is CN(CCN)C[C@H]1CCCN(C)C1. The van der Waals surface area contributed by atoms with Crippen LogP contribution in [0.15, 0.2) is 0 Å². The van der Waals surface area contributed by atoms with E-state index in [0.717, 1.165) is 19.0 Å². The molecule has 1 aliphatic rings. The molecule has 0 amide bonds. The molecule has 1 fully saturated rings. The number of likely N-dealkylation sites (tertiary alicyclic amines) is 1. The fourth-order valence-corrected chi connectivity index (χ4v) is 2.17. The predicted octanol–water partition coefficient (Wildman–Crippen LogP) is 0.219. The predicted molar refractivity (Wildman–Crippen MR) is 56.8 cm³/mol. The Bertz CT molecular complexity index is 138. The van der Waals surface area contributed by atoms with Crippen molar-refractivity contribution >= 4 is 0 Å². The van der Waals surface area contributed by atoms with Crippen LogP contribution in [0.3, 0.4) is 0 Å². The van der Waals surface area contributed by atoms with Gasteiger partial charge in [-0.2, -0.15) is 0 Å². The Labute approximate surface area is 81.9 Å². The fraction of sp³-hybridized carbons (Fsp3) is 1.00. The first-order valence-electron chi connectivity index (χ1n) is 5.29. The van der Waals surface area contributed by atoms with E-state index >= 15 is 0 Å². The summed E-state index contributed by atoms with van der Waals surface area (Å²) in [7, 11) is 4.39. The van der Waals surface area contributed by atoms with Crippen molar-refractivity contribution in [3.63, 3.8) is 0 Å². The van der Waals surface area contributed by atoms with Crippen LogP contribution in [0, 0.1) is 5.92 Å². The van der Waals surface area contributed by atoms with Crippen LogP contribution in [0.1, 0.15) is 12.8 Å². The summed E-state index contributed by atoms with van der Waals surface area (Å²) in [6.07, 6.45) is 2.75. The zero-order chi connectivity index (χ0) is 9.68. The molecule has 13 heavy (non-hydrogen) atoms. The van der Waals surface area contributed by atoms with Gasteiger partial charge in [-0.15, -0.1) is 0 Å². The van der Waals surface area contributed by atoms with Crippen molar-refractivity contribution in [2.75, 3.05) is 46.8 Å². The molecule has 3 nitrogen and oxygen atoms in total. The van der Waals surface area contributed by atoms with E-state index in [4.69, 9.17) is 5.73 Å². The molecule has 1 atom stereocenters. The van der Waals surface area contributed by atoms with Crippen LogP contribution in [-0.4, -0.2) is 56.6 Å². The monoisotopic (exact) mass is 185 g/mol. The number of likely N-dealkylation sites (N-methyl/N-ethyl adjacent to an activating group) is 1. The third-order valence-corrected chi connectivity index (χ3v) is 2.80. The summed E-state index contributed by atoms with van der Waals surface area (Å²) in [6, 6.07) is 0. The molecule has 78 valence electrons. The molecule has 1 saturated heterocycles. The minimum atomic E-state index is 0.777. The molecule has 1 heterocycles. The van der Waals surface area contributed by atoms with Crippen molar-refractivity contribution in [1.82, 2.24) is 9.80 Å². The normalized spacial score (nSPS) is 25.4. The Morgan fingerprint density at radius 1 is 1.54 bits per heavy atom. The molecule has 2 N–H and O–H groups in total. The third-order valence-electron chi connectivity index (χ3n) is 2.80. The van der Waals surface area contributed by atoms with Crippen molar-refractivity contribution in [2.45, 2.75) is 12.8 Å². The van der Waals surface area contributed by atoms with E-state index in [1.807, 2.05) is 0 Å². The summed E-state index contributed by atoms with van der Waals surface area (Å²) in [5, 5.41) is 0. The quantitative estimate of drug-likeness (QED) is 0.680. The van der Waals surface area contributed by atoms with E-state index in [0.29, 0.717) is 0 Å². The second kappa shape index (κ2) is 5.58. The van der Waals surface area contributed by atoms with Crippen molar-refractivity contribution in [3.8, 4) is 0 Å². The summed E-state index contributed by atoms with van der Waals surface area (Å²) in [4.78, 5) is 4.79. The highest BCUT2D eigenvalue weighted by Crippen LogP contribution is 2.15. The number of nitrogens with two attached hydrogens (primary N) is 1. The first-order chi connectivity index (χ1) is 6.22. The third kappa shape index (κ3) is 4.07. The Hall–Kier alpha value is -0.120. The van der Waals surface area contributed by atoms with E-state index in [-0.39, 0.29) is 0 Å². The Kier molecular flexibility index (Phi) is 4.70. The highest BCUT2D eigenvalue weighted by Gasteiger charge is 2.17. The number of piperidine rings is 1. The van der Waals surface area contributed by atoms with Gasteiger partial charge in [0.25, 0.3) is 0 Å². The lowest BCUT2D eigenvalue weighted by atomic mass is 9.98. The molecule has 0 aromatic carbocycles. The van der Waals surface area contributed by atoms with E-state index < -0.39 is 0 Å². The topological polar surface area (TPSA) is 32.5 Å². The van der Waals surface area contributed by atoms with E-state index in [2.05, 4.69) is 23.9 Å². The molecule has 0 saturated carbocycles. The zero-order valence-corrected chi connectivity index (χ0v) is 9.00. The Balaban J connectivity index is 2.19. The lowest BCUT2D eigenvalue weighted by Gasteiger charge is -2.32. The van der Waals surface area contributed by atoms with Crippen LogP contribution in [0.5, 0.6) is 0 Å². The largest absolute Gasteiger partial charge is 0.329 e. The molecule has 3 heteroatoms. The summed E-state index contributed by atoms with van der Waals surface area (Å²) in [5.74, 6) is 0.857. The smallest absolute Gasteiger partial charge is 0.0102 e. The second-order valence-corrected chi connectivity index (χ2v) is 4.32. The van der Waals surface area contributed by atoms with Gasteiger partial charge in [0.1, 0.15) is 0 Å². The Morgan fingerprint density at radius 2 is 2.31 bits per heavy atom. The fourth-order valence-electron chi connectivity index (χ4n) is 2.17. The van der Waals surface area contributed by atoms with Gasteiger partial charge in [0.05, 0.1) is 0 Å². The maximum Gasteiger partial charge on any atom is 0.0102 e. The summed E-state index contributed by atoms with van der Waals surface area (Å²) in [5.41, 5.74) is 5.51. The first kappa shape index (κ1) is 11.0. The van der Waals surface area contributed by atoms with Gasteiger partial charge in [0.2, 0.25) is 0 Å². The molecule has 0 radical (unpaired) electrons. The molecule has 0 aromatic rings. The number of nitrogens with zero attached hydrogens (tertiary/aromatic N) is 2. The molecule has 1 rings (SSSR count). The molecule has 0 aliphatic carbocycles. The average Bonchev–Trinajstić information content (AvgIpc) is 2.04. The van der Waals surface area contributed by atoms with E-state index in [1.165, 1.54) is 32.5 Å². The van der Waals surface area contributed by atoms with Gasteiger partial charge in [-0.25, -0.2) is 0 Å². The highest BCUT2D eigenvalue weighted by atomic mass is 15.1. The van der Waals surface area contributed by atoms with Gasteiger partial charge in [0, 0.05) is 26.2 Å². The molecular weight excluding hydrogens is 162 g/mol. The van der Waals surface area contributed by atoms with Crippen LogP contribution in [0.4, 0.5) is 0 Å². The van der Waals surface area contributed by atoms with Gasteiger partial charge < -0.3 is 15.5 Å². The molecule has 0 unspecified atom stereocenters. The van der Waals surface area contributed by atoms with E-state index in [1.54, 1.807) is 0 Å². The van der Waals surface area contributed by atoms with Crippen LogP contribution >= 0.6 is 0 Å².